The molecule has 2 heterocycles. The molecule has 0 bridgehead atoms. The van der Waals surface area contributed by atoms with Gasteiger partial charge in [0, 0.05) is 23.4 Å². The zero-order valence-corrected chi connectivity index (χ0v) is 13.4. The van der Waals surface area contributed by atoms with Crippen molar-refractivity contribution in [2.45, 2.75) is 38.5 Å². The molecule has 5 nitrogen and oxygen atoms in total. The van der Waals surface area contributed by atoms with E-state index in [0.29, 0.717) is 6.54 Å². The summed E-state index contributed by atoms with van der Waals surface area (Å²) >= 11 is 0. The van der Waals surface area contributed by atoms with Crippen molar-refractivity contribution in [1.82, 2.24) is 0 Å². The van der Waals surface area contributed by atoms with Crippen LogP contribution >= 0.6 is 0 Å². The van der Waals surface area contributed by atoms with Crippen molar-refractivity contribution >= 4 is 11.4 Å². The second-order valence-corrected chi connectivity index (χ2v) is 6.86. The highest BCUT2D eigenvalue weighted by atomic mass is 16.6. The maximum absolute atomic E-state index is 11.0. The molecule has 0 saturated carbocycles. The first-order valence-corrected chi connectivity index (χ1v) is 7.68. The molecule has 0 radical (unpaired) electrons. The predicted octanol–water partition coefficient (Wildman–Crippen LogP) is 4.00. The van der Waals surface area contributed by atoms with Crippen LogP contribution in [0.2, 0.25) is 0 Å². The largest absolute Gasteiger partial charge is 0.467 e. The fourth-order valence-corrected chi connectivity index (χ4v) is 3.76. The fraction of sp³-hybridized carbons (Fsp3) is 0.333. The van der Waals surface area contributed by atoms with Gasteiger partial charge in [0.05, 0.1) is 16.9 Å². The van der Waals surface area contributed by atoms with E-state index in [1.165, 1.54) is 11.6 Å². The van der Waals surface area contributed by atoms with Crippen LogP contribution in [0.25, 0.3) is 0 Å². The quantitative estimate of drug-likeness (QED) is 0.590. The van der Waals surface area contributed by atoms with Gasteiger partial charge in [0.2, 0.25) is 0 Å². The van der Waals surface area contributed by atoms with E-state index in [4.69, 9.17) is 4.74 Å². The minimum absolute atomic E-state index is 0.0997. The summed E-state index contributed by atoms with van der Waals surface area (Å²) in [5.74, 6) is 0.732. The topological polar surface area (TPSA) is 55.6 Å². The van der Waals surface area contributed by atoms with E-state index in [0.717, 1.165) is 17.0 Å². The smallest absolute Gasteiger partial charge is 0.270 e. The lowest BCUT2D eigenvalue weighted by Gasteiger charge is -2.48. The Balaban J connectivity index is 1.88. The van der Waals surface area contributed by atoms with Crippen LogP contribution in [0.3, 0.4) is 0 Å². The highest BCUT2D eigenvalue weighted by molar-refractivity contribution is 5.67. The molecule has 23 heavy (non-hydrogen) atoms. The second-order valence-electron chi connectivity index (χ2n) is 6.86. The van der Waals surface area contributed by atoms with E-state index in [1.54, 1.807) is 12.1 Å². The molecule has 118 valence electrons. The number of ether oxygens (including phenoxy) is 1. The van der Waals surface area contributed by atoms with E-state index in [1.807, 2.05) is 12.1 Å². The summed E-state index contributed by atoms with van der Waals surface area (Å²) in [6.45, 7) is 7.07. The predicted molar refractivity (Wildman–Crippen MR) is 87.8 cm³/mol. The van der Waals surface area contributed by atoms with Crippen LogP contribution in [-0.4, -0.2) is 10.6 Å². The molecule has 0 aromatic heterocycles. The van der Waals surface area contributed by atoms with Gasteiger partial charge < -0.3 is 9.64 Å². The molecule has 1 unspecified atom stereocenters. The summed E-state index contributed by atoms with van der Waals surface area (Å²) in [6, 6.07) is 13.1. The molecule has 0 N–H and O–H groups in total. The normalized spacial score (nSPS) is 23.5. The van der Waals surface area contributed by atoms with Crippen LogP contribution in [0.15, 0.2) is 42.5 Å². The van der Waals surface area contributed by atoms with Crippen molar-refractivity contribution in [2.24, 2.45) is 0 Å². The van der Waals surface area contributed by atoms with Gasteiger partial charge in [-0.05, 0) is 38.5 Å². The summed E-state index contributed by atoms with van der Waals surface area (Å²) in [5, 5.41) is 11.0. The molecule has 0 fully saturated rings. The lowest BCUT2D eigenvalue weighted by atomic mass is 9.78. The summed E-state index contributed by atoms with van der Waals surface area (Å²) in [7, 11) is 0. The van der Waals surface area contributed by atoms with Crippen LogP contribution in [0.5, 0.6) is 5.75 Å². The molecular weight excluding hydrogens is 292 g/mol. The molecule has 2 aliphatic rings. The first-order chi connectivity index (χ1) is 10.8. The van der Waals surface area contributed by atoms with Crippen LogP contribution in [0, 0.1) is 10.1 Å². The zero-order valence-electron chi connectivity index (χ0n) is 13.4. The van der Waals surface area contributed by atoms with Crippen LogP contribution in [-0.2, 0) is 12.0 Å². The number of anilines is 1. The van der Waals surface area contributed by atoms with Crippen molar-refractivity contribution in [3.63, 3.8) is 0 Å². The molecule has 2 aliphatic heterocycles. The Hall–Kier alpha value is -2.56. The third-order valence-electron chi connectivity index (χ3n) is 5.43. The summed E-state index contributed by atoms with van der Waals surface area (Å²) < 4.78 is 6.38. The number of nitro groups is 1. The Morgan fingerprint density at radius 3 is 2.65 bits per heavy atom. The number of non-ortho nitro benzene ring substituents is 1. The molecule has 0 amide bonds. The van der Waals surface area contributed by atoms with Crippen molar-refractivity contribution in [2.75, 3.05) is 4.90 Å². The van der Waals surface area contributed by atoms with Gasteiger partial charge in [-0.1, -0.05) is 18.2 Å². The lowest BCUT2D eigenvalue weighted by Crippen LogP contribution is -2.59. The van der Waals surface area contributed by atoms with Crippen LogP contribution in [0.4, 0.5) is 11.4 Å². The van der Waals surface area contributed by atoms with Crippen molar-refractivity contribution in [3.05, 3.63) is 63.7 Å². The Kier molecular flexibility index (Phi) is 2.60. The summed E-state index contributed by atoms with van der Waals surface area (Å²) in [6.07, 6.45) is 0. The van der Waals surface area contributed by atoms with Crippen LogP contribution < -0.4 is 9.64 Å². The van der Waals surface area contributed by atoms with Gasteiger partial charge in [-0.2, -0.15) is 0 Å². The standard InChI is InChI=1S/C18H18N2O3/c1-17(2)14-6-4-5-7-15(14)19-11-12-10-13(20(21)22)8-9-16(12)23-18(17,19)3/h4-10H,11H2,1-3H3. The maximum atomic E-state index is 11.0. The van der Waals surface area contributed by atoms with E-state index in [2.05, 4.69) is 37.8 Å². The Morgan fingerprint density at radius 1 is 1.17 bits per heavy atom. The molecule has 5 heteroatoms. The molecule has 4 rings (SSSR count). The number of hydrogen-bond acceptors (Lipinski definition) is 4. The first kappa shape index (κ1) is 14.1. The van der Waals surface area contributed by atoms with Gasteiger partial charge in [-0.15, -0.1) is 0 Å². The first-order valence-electron chi connectivity index (χ1n) is 7.68. The molecule has 0 spiro atoms. The fourth-order valence-electron chi connectivity index (χ4n) is 3.76. The van der Waals surface area contributed by atoms with Gasteiger partial charge in [0.25, 0.3) is 5.69 Å². The minimum Gasteiger partial charge on any atom is -0.467 e. The average molecular weight is 310 g/mol. The van der Waals surface area contributed by atoms with Crippen molar-refractivity contribution < 1.29 is 9.66 Å². The number of para-hydroxylation sites is 1. The van der Waals surface area contributed by atoms with Gasteiger partial charge in [0.15, 0.2) is 5.72 Å². The number of nitro benzene ring substituents is 1. The number of nitrogens with zero attached hydrogens (tertiary/aromatic N) is 2. The van der Waals surface area contributed by atoms with E-state index < -0.39 is 5.72 Å². The monoisotopic (exact) mass is 310 g/mol. The molecule has 2 aromatic rings. The minimum atomic E-state index is -0.514. The van der Waals surface area contributed by atoms with Gasteiger partial charge in [-0.3, -0.25) is 10.1 Å². The summed E-state index contributed by atoms with van der Waals surface area (Å²) in [5.41, 5.74) is 2.62. The highest BCUT2D eigenvalue weighted by Crippen LogP contribution is 2.55. The molecule has 0 aliphatic carbocycles. The molecular formula is C18H18N2O3. The van der Waals surface area contributed by atoms with Gasteiger partial charge in [-0.25, -0.2) is 0 Å². The zero-order chi connectivity index (χ0) is 16.4. The van der Waals surface area contributed by atoms with Crippen molar-refractivity contribution in [3.8, 4) is 5.75 Å². The Labute approximate surface area is 134 Å². The number of fused-ring (bicyclic) bond motifs is 4. The lowest BCUT2D eigenvalue weighted by molar-refractivity contribution is -0.385. The molecule has 1 atom stereocenters. The second kappa shape index (κ2) is 4.25. The Bertz CT molecular complexity index is 831. The maximum Gasteiger partial charge on any atom is 0.270 e. The Morgan fingerprint density at radius 2 is 1.91 bits per heavy atom. The molecule has 2 aromatic carbocycles. The number of hydrogen-bond donors (Lipinski definition) is 0. The highest BCUT2D eigenvalue weighted by Gasteiger charge is 2.57. The third kappa shape index (κ3) is 1.67. The summed E-state index contributed by atoms with van der Waals surface area (Å²) in [4.78, 5) is 12.9. The van der Waals surface area contributed by atoms with E-state index in [9.17, 15) is 10.1 Å². The van der Waals surface area contributed by atoms with Crippen LogP contribution in [0.1, 0.15) is 31.9 Å². The van der Waals surface area contributed by atoms with Gasteiger partial charge >= 0.3 is 0 Å². The number of rotatable bonds is 1. The van der Waals surface area contributed by atoms with Crippen molar-refractivity contribution in [1.29, 1.82) is 0 Å². The average Bonchev–Trinajstić information content (AvgIpc) is 2.69. The molecule has 0 saturated heterocycles. The SMILES string of the molecule is CC1(C)c2ccccc2N2Cc3cc([N+](=O)[O-])ccc3OC21C. The van der Waals surface area contributed by atoms with Gasteiger partial charge in [0.1, 0.15) is 5.75 Å². The number of benzene rings is 2. The van der Waals surface area contributed by atoms with E-state index in [-0.39, 0.29) is 16.0 Å². The third-order valence-corrected chi connectivity index (χ3v) is 5.43. The van der Waals surface area contributed by atoms with E-state index >= 15 is 0 Å².